The van der Waals surface area contributed by atoms with Crippen molar-refractivity contribution in [1.82, 2.24) is 0 Å². The standard InChI is InChI=1S/C17H18F2O/c1-11-4-6-14(9-16(11)19)17(3,20)10-13-5-7-15(18)8-12(13)2/h4-9,20H,10H2,1-3H3. The highest BCUT2D eigenvalue weighted by atomic mass is 19.1. The van der Waals surface area contributed by atoms with Crippen molar-refractivity contribution in [1.29, 1.82) is 0 Å². The maximum atomic E-state index is 13.6. The SMILES string of the molecule is Cc1ccc(C(C)(O)Cc2ccc(F)cc2C)cc1F. The lowest BCUT2D eigenvalue weighted by Gasteiger charge is -2.25. The molecular formula is C17H18F2O. The quantitative estimate of drug-likeness (QED) is 0.897. The Labute approximate surface area is 117 Å². The third-order valence-electron chi connectivity index (χ3n) is 3.63. The van der Waals surface area contributed by atoms with Crippen molar-refractivity contribution in [2.24, 2.45) is 0 Å². The highest BCUT2D eigenvalue weighted by Gasteiger charge is 2.25. The van der Waals surface area contributed by atoms with E-state index in [0.717, 1.165) is 11.1 Å². The van der Waals surface area contributed by atoms with Crippen molar-refractivity contribution >= 4 is 0 Å². The van der Waals surface area contributed by atoms with Gasteiger partial charge in [-0.25, -0.2) is 8.78 Å². The molecule has 0 radical (unpaired) electrons. The molecule has 106 valence electrons. The molecule has 0 saturated heterocycles. The Morgan fingerprint density at radius 1 is 1.00 bits per heavy atom. The third-order valence-corrected chi connectivity index (χ3v) is 3.63. The molecule has 0 aliphatic rings. The van der Waals surface area contributed by atoms with Crippen LogP contribution in [0.5, 0.6) is 0 Å². The number of halogens is 2. The van der Waals surface area contributed by atoms with E-state index in [1.165, 1.54) is 18.2 Å². The van der Waals surface area contributed by atoms with E-state index >= 15 is 0 Å². The van der Waals surface area contributed by atoms with E-state index in [4.69, 9.17) is 0 Å². The predicted molar refractivity (Wildman–Crippen MR) is 75.5 cm³/mol. The van der Waals surface area contributed by atoms with Gasteiger partial charge in [0, 0.05) is 6.42 Å². The van der Waals surface area contributed by atoms with Gasteiger partial charge in [-0.15, -0.1) is 0 Å². The molecule has 2 rings (SSSR count). The molecule has 3 heteroatoms. The van der Waals surface area contributed by atoms with E-state index < -0.39 is 5.60 Å². The van der Waals surface area contributed by atoms with Crippen LogP contribution >= 0.6 is 0 Å². The summed E-state index contributed by atoms with van der Waals surface area (Å²) in [5.74, 6) is -0.633. The molecule has 0 bridgehead atoms. The minimum absolute atomic E-state index is 0.299. The Kier molecular flexibility index (Phi) is 3.91. The summed E-state index contributed by atoms with van der Waals surface area (Å²) >= 11 is 0. The van der Waals surface area contributed by atoms with Gasteiger partial charge >= 0.3 is 0 Å². The summed E-state index contributed by atoms with van der Waals surface area (Å²) in [6.07, 6.45) is 0.307. The molecule has 0 aliphatic carbocycles. The maximum Gasteiger partial charge on any atom is 0.126 e. The van der Waals surface area contributed by atoms with Gasteiger partial charge in [0.2, 0.25) is 0 Å². The molecule has 0 fully saturated rings. The monoisotopic (exact) mass is 276 g/mol. The summed E-state index contributed by atoms with van der Waals surface area (Å²) in [4.78, 5) is 0. The summed E-state index contributed by atoms with van der Waals surface area (Å²) < 4.78 is 26.7. The van der Waals surface area contributed by atoms with Gasteiger partial charge in [0.25, 0.3) is 0 Å². The third kappa shape index (κ3) is 3.05. The summed E-state index contributed by atoms with van der Waals surface area (Å²) in [5, 5.41) is 10.6. The number of hydrogen-bond acceptors (Lipinski definition) is 1. The topological polar surface area (TPSA) is 20.2 Å². The van der Waals surface area contributed by atoms with E-state index in [2.05, 4.69) is 0 Å². The minimum Gasteiger partial charge on any atom is -0.385 e. The van der Waals surface area contributed by atoms with E-state index in [1.807, 2.05) is 0 Å². The first-order valence-electron chi connectivity index (χ1n) is 6.53. The molecule has 0 spiro atoms. The number of rotatable bonds is 3. The summed E-state index contributed by atoms with van der Waals surface area (Å²) in [6.45, 7) is 5.11. The maximum absolute atomic E-state index is 13.6. The van der Waals surface area contributed by atoms with Gasteiger partial charge in [-0.2, -0.15) is 0 Å². The van der Waals surface area contributed by atoms with Crippen molar-refractivity contribution in [2.45, 2.75) is 32.8 Å². The number of hydrogen-bond donors (Lipinski definition) is 1. The van der Waals surface area contributed by atoms with Gasteiger partial charge < -0.3 is 5.11 Å². The van der Waals surface area contributed by atoms with Crippen LogP contribution in [0.2, 0.25) is 0 Å². The fourth-order valence-electron chi connectivity index (χ4n) is 2.26. The number of aryl methyl sites for hydroxylation is 2. The first-order valence-corrected chi connectivity index (χ1v) is 6.53. The molecule has 1 N–H and O–H groups in total. The largest absolute Gasteiger partial charge is 0.385 e. The molecule has 0 aromatic heterocycles. The zero-order valence-corrected chi connectivity index (χ0v) is 11.9. The second kappa shape index (κ2) is 5.33. The predicted octanol–water partition coefficient (Wildman–Crippen LogP) is 4.03. The lowest BCUT2D eigenvalue weighted by atomic mass is 9.87. The van der Waals surface area contributed by atoms with Crippen molar-refractivity contribution in [3.8, 4) is 0 Å². The van der Waals surface area contributed by atoms with Crippen molar-refractivity contribution in [2.75, 3.05) is 0 Å². The van der Waals surface area contributed by atoms with Gasteiger partial charge in [0.05, 0.1) is 5.60 Å². The fourth-order valence-corrected chi connectivity index (χ4v) is 2.26. The van der Waals surface area contributed by atoms with Crippen LogP contribution in [0, 0.1) is 25.5 Å². The normalized spacial score (nSPS) is 14.1. The van der Waals surface area contributed by atoms with Crippen LogP contribution in [0.4, 0.5) is 8.78 Å². The molecule has 1 unspecified atom stereocenters. The molecular weight excluding hydrogens is 258 g/mol. The second-order valence-electron chi connectivity index (χ2n) is 5.49. The Morgan fingerprint density at radius 2 is 1.70 bits per heavy atom. The molecule has 1 atom stereocenters. The molecule has 2 aromatic rings. The lowest BCUT2D eigenvalue weighted by Crippen LogP contribution is -2.25. The second-order valence-corrected chi connectivity index (χ2v) is 5.49. The van der Waals surface area contributed by atoms with Gasteiger partial charge in [-0.3, -0.25) is 0 Å². The molecule has 0 saturated carbocycles. The van der Waals surface area contributed by atoms with Crippen molar-refractivity contribution in [3.63, 3.8) is 0 Å². The summed E-state index contributed by atoms with van der Waals surface area (Å²) in [7, 11) is 0. The molecule has 1 nitrogen and oxygen atoms in total. The van der Waals surface area contributed by atoms with Crippen LogP contribution in [-0.4, -0.2) is 5.11 Å². The zero-order valence-electron chi connectivity index (χ0n) is 11.9. The van der Waals surface area contributed by atoms with E-state index in [1.54, 1.807) is 39.0 Å². The van der Waals surface area contributed by atoms with Gasteiger partial charge in [0.15, 0.2) is 0 Å². The Balaban J connectivity index is 2.32. The zero-order chi connectivity index (χ0) is 14.9. The Hall–Kier alpha value is -1.74. The van der Waals surface area contributed by atoms with E-state index in [0.29, 0.717) is 17.5 Å². The van der Waals surface area contributed by atoms with Crippen molar-refractivity contribution < 1.29 is 13.9 Å². The van der Waals surface area contributed by atoms with E-state index in [-0.39, 0.29) is 11.6 Å². The van der Waals surface area contributed by atoms with E-state index in [9.17, 15) is 13.9 Å². The first kappa shape index (κ1) is 14.7. The average Bonchev–Trinajstić information content (AvgIpc) is 2.36. The molecule has 0 amide bonds. The van der Waals surface area contributed by atoms with Gasteiger partial charge in [0.1, 0.15) is 11.6 Å². The molecule has 2 aromatic carbocycles. The molecule has 0 aliphatic heterocycles. The van der Waals surface area contributed by atoms with Crippen LogP contribution in [0.15, 0.2) is 36.4 Å². The van der Waals surface area contributed by atoms with Crippen LogP contribution in [0.1, 0.15) is 29.2 Å². The fraction of sp³-hybridized carbons (Fsp3) is 0.294. The summed E-state index contributed by atoms with van der Waals surface area (Å²) in [5.41, 5.74) is 1.49. The number of benzene rings is 2. The molecule has 20 heavy (non-hydrogen) atoms. The molecule has 0 heterocycles. The van der Waals surface area contributed by atoms with Gasteiger partial charge in [-0.1, -0.05) is 18.2 Å². The smallest absolute Gasteiger partial charge is 0.126 e. The summed E-state index contributed by atoms with van der Waals surface area (Å²) in [6, 6.07) is 9.18. The van der Waals surface area contributed by atoms with Crippen LogP contribution < -0.4 is 0 Å². The Bertz CT molecular complexity index is 633. The Morgan fingerprint density at radius 3 is 2.30 bits per heavy atom. The first-order chi connectivity index (χ1) is 9.29. The van der Waals surface area contributed by atoms with Crippen molar-refractivity contribution in [3.05, 3.63) is 70.3 Å². The number of aliphatic hydroxyl groups is 1. The highest BCUT2D eigenvalue weighted by molar-refractivity contribution is 5.33. The highest BCUT2D eigenvalue weighted by Crippen LogP contribution is 2.28. The van der Waals surface area contributed by atoms with Crippen LogP contribution in [0.3, 0.4) is 0 Å². The minimum atomic E-state index is -1.20. The van der Waals surface area contributed by atoms with Gasteiger partial charge in [-0.05, 0) is 61.2 Å². The average molecular weight is 276 g/mol. The lowest BCUT2D eigenvalue weighted by molar-refractivity contribution is 0.0571. The van der Waals surface area contributed by atoms with Crippen LogP contribution in [-0.2, 0) is 12.0 Å². The van der Waals surface area contributed by atoms with Crippen LogP contribution in [0.25, 0.3) is 0 Å².